The summed E-state index contributed by atoms with van der Waals surface area (Å²) < 4.78 is 4.61. The predicted molar refractivity (Wildman–Crippen MR) is 58.5 cm³/mol. The Morgan fingerprint density at radius 3 is 2.88 bits per heavy atom. The smallest absolute Gasteiger partial charge is 0.337 e. The molecule has 1 heterocycles. The van der Waals surface area contributed by atoms with E-state index in [0.29, 0.717) is 22.0 Å². The Labute approximate surface area is 91.9 Å². The zero-order valence-electron chi connectivity index (χ0n) is 8.64. The minimum Gasteiger partial charge on any atom is -0.465 e. The molecular weight excluding hydrogens is 206 g/mol. The van der Waals surface area contributed by atoms with Gasteiger partial charge in [0, 0.05) is 17.1 Å². The Kier molecular flexibility index (Phi) is 2.64. The number of pyridine rings is 1. The Balaban J connectivity index is 2.68. The second kappa shape index (κ2) is 4.10. The van der Waals surface area contributed by atoms with E-state index in [1.54, 1.807) is 30.5 Å². The van der Waals surface area contributed by atoms with Gasteiger partial charge in [0.25, 0.3) is 0 Å². The lowest BCUT2D eigenvalue weighted by Crippen LogP contribution is -2.01. The molecule has 0 radical (unpaired) electrons. The molecule has 0 aliphatic heterocycles. The van der Waals surface area contributed by atoms with Gasteiger partial charge in [0.2, 0.25) is 0 Å². The average Bonchev–Trinajstić information content (AvgIpc) is 2.36. The molecule has 0 saturated heterocycles. The molecule has 0 spiro atoms. The fourth-order valence-electron chi connectivity index (χ4n) is 1.52. The Hall–Kier alpha value is -2.23. The van der Waals surface area contributed by atoms with Crippen molar-refractivity contribution in [3.05, 3.63) is 41.6 Å². The summed E-state index contributed by atoms with van der Waals surface area (Å²) >= 11 is 0. The highest BCUT2D eigenvalue weighted by atomic mass is 16.5. The van der Waals surface area contributed by atoms with Crippen LogP contribution in [0, 0.1) is 0 Å². The third kappa shape index (κ3) is 1.65. The molecule has 1 aromatic heterocycles. The molecule has 80 valence electrons. The van der Waals surface area contributed by atoms with E-state index in [4.69, 9.17) is 0 Å². The van der Waals surface area contributed by atoms with Crippen LogP contribution in [0.2, 0.25) is 0 Å². The maximum absolute atomic E-state index is 11.3. The minimum atomic E-state index is -0.428. The van der Waals surface area contributed by atoms with Gasteiger partial charge in [-0.15, -0.1) is 0 Å². The van der Waals surface area contributed by atoms with Crippen LogP contribution in [0.25, 0.3) is 10.9 Å². The van der Waals surface area contributed by atoms with Gasteiger partial charge in [0.1, 0.15) is 0 Å². The number of aldehydes is 1. The average molecular weight is 215 g/mol. The van der Waals surface area contributed by atoms with Gasteiger partial charge in [-0.05, 0) is 24.3 Å². The van der Waals surface area contributed by atoms with E-state index in [0.717, 1.165) is 6.29 Å². The Bertz CT molecular complexity index is 563. The van der Waals surface area contributed by atoms with E-state index in [1.165, 1.54) is 7.11 Å². The van der Waals surface area contributed by atoms with E-state index in [1.807, 2.05) is 0 Å². The van der Waals surface area contributed by atoms with Crippen LogP contribution in [0.3, 0.4) is 0 Å². The second-order valence-corrected chi connectivity index (χ2v) is 3.24. The second-order valence-electron chi connectivity index (χ2n) is 3.24. The van der Waals surface area contributed by atoms with Crippen LogP contribution < -0.4 is 0 Å². The molecule has 4 nitrogen and oxygen atoms in total. The fourth-order valence-corrected chi connectivity index (χ4v) is 1.52. The van der Waals surface area contributed by atoms with E-state index in [-0.39, 0.29) is 0 Å². The van der Waals surface area contributed by atoms with Gasteiger partial charge in [-0.3, -0.25) is 9.78 Å². The lowest BCUT2D eigenvalue weighted by molar-refractivity contribution is 0.0601. The van der Waals surface area contributed by atoms with Crippen molar-refractivity contribution in [3.63, 3.8) is 0 Å². The summed E-state index contributed by atoms with van der Waals surface area (Å²) in [5.74, 6) is -0.428. The molecule has 0 bridgehead atoms. The molecule has 0 unspecified atom stereocenters. The molecule has 2 rings (SSSR count). The number of carbonyl (C=O) groups excluding carboxylic acids is 2. The summed E-state index contributed by atoms with van der Waals surface area (Å²) in [5.41, 5.74) is 1.60. The number of carbonyl (C=O) groups is 2. The number of nitrogens with zero attached hydrogens (tertiary/aromatic N) is 1. The zero-order valence-corrected chi connectivity index (χ0v) is 8.64. The molecule has 0 atom stereocenters. The molecule has 4 heteroatoms. The normalized spacial score (nSPS) is 10.1. The summed E-state index contributed by atoms with van der Waals surface area (Å²) in [4.78, 5) is 26.3. The highest BCUT2D eigenvalue weighted by molar-refractivity contribution is 6.00. The van der Waals surface area contributed by atoms with E-state index < -0.39 is 5.97 Å². The Morgan fingerprint density at radius 1 is 1.38 bits per heavy atom. The number of methoxy groups -OCH3 is 1. The van der Waals surface area contributed by atoms with Crippen LogP contribution in [0.5, 0.6) is 0 Å². The van der Waals surface area contributed by atoms with Crippen LogP contribution in [0.1, 0.15) is 20.7 Å². The number of rotatable bonds is 2. The van der Waals surface area contributed by atoms with Crippen molar-refractivity contribution < 1.29 is 14.3 Å². The van der Waals surface area contributed by atoms with Gasteiger partial charge in [-0.1, -0.05) is 0 Å². The molecule has 0 N–H and O–H groups in total. The highest BCUT2D eigenvalue weighted by Crippen LogP contribution is 2.17. The van der Waals surface area contributed by atoms with Crippen molar-refractivity contribution in [3.8, 4) is 0 Å². The number of benzene rings is 1. The van der Waals surface area contributed by atoms with Crippen molar-refractivity contribution >= 4 is 23.2 Å². The van der Waals surface area contributed by atoms with Gasteiger partial charge in [-0.2, -0.15) is 0 Å². The lowest BCUT2D eigenvalue weighted by Gasteiger charge is -2.03. The maximum atomic E-state index is 11.3. The van der Waals surface area contributed by atoms with Crippen LogP contribution in [-0.4, -0.2) is 24.3 Å². The van der Waals surface area contributed by atoms with Crippen LogP contribution >= 0.6 is 0 Å². The summed E-state index contributed by atoms with van der Waals surface area (Å²) in [6.45, 7) is 0. The molecule has 2 aromatic rings. The molecular formula is C12H9NO3. The topological polar surface area (TPSA) is 56.3 Å². The van der Waals surface area contributed by atoms with E-state index in [2.05, 4.69) is 9.72 Å². The van der Waals surface area contributed by atoms with Gasteiger partial charge >= 0.3 is 5.97 Å². The SMILES string of the molecule is COC(=O)c1ccc2nccc(C=O)c2c1. The number of aromatic nitrogens is 1. The van der Waals surface area contributed by atoms with Crippen LogP contribution in [-0.2, 0) is 4.74 Å². The summed E-state index contributed by atoms with van der Waals surface area (Å²) in [6, 6.07) is 6.53. The molecule has 0 aliphatic carbocycles. The molecule has 1 aromatic carbocycles. The quantitative estimate of drug-likeness (QED) is 0.566. The molecule has 0 saturated carbocycles. The van der Waals surface area contributed by atoms with Crippen LogP contribution in [0.4, 0.5) is 0 Å². The number of ether oxygens (including phenoxy) is 1. The standard InChI is InChI=1S/C12H9NO3/c1-16-12(15)8-2-3-11-10(6-8)9(7-14)4-5-13-11/h2-7H,1H3. The van der Waals surface area contributed by atoms with E-state index >= 15 is 0 Å². The number of esters is 1. The maximum Gasteiger partial charge on any atom is 0.337 e. The first-order chi connectivity index (χ1) is 7.76. The lowest BCUT2D eigenvalue weighted by atomic mass is 10.1. The molecule has 0 aliphatic rings. The number of hydrogen-bond donors (Lipinski definition) is 0. The summed E-state index contributed by atoms with van der Waals surface area (Å²) in [6.07, 6.45) is 2.30. The van der Waals surface area contributed by atoms with Crippen LogP contribution in [0.15, 0.2) is 30.5 Å². The van der Waals surface area contributed by atoms with E-state index in [9.17, 15) is 9.59 Å². The largest absolute Gasteiger partial charge is 0.465 e. The van der Waals surface area contributed by atoms with Crippen molar-refractivity contribution in [2.45, 2.75) is 0 Å². The highest BCUT2D eigenvalue weighted by Gasteiger charge is 2.08. The first kappa shape index (κ1) is 10.3. The molecule has 0 fully saturated rings. The summed E-state index contributed by atoms with van der Waals surface area (Å²) in [7, 11) is 1.32. The van der Waals surface area contributed by atoms with Crippen molar-refractivity contribution in [1.29, 1.82) is 0 Å². The van der Waals surface area contributed by atoms with Gasteiger partial charge in [0.05, 0.1) is 18.2 Å². The molecule has 16 heavy (non-hydrogen) atoms. The van der Waals surface area contributed by atoms with Crippen molar-refractivity contribution in [2.75, 3.05) is 7.11 Å². The fraction of sp³-hybridized carbons (Fsp3) is 0.0833. The monoisotopic (exact) mass is 215 g/mol. The molecule has 0 amide bonds. The minimum absolute atomic E-state index is 0.408. The van der Waals surface area contributed by atoms with Crippen molar-refractivity contribution in [2.24, 2.45) is 0 Å². The Morgan fingerprint density at radius 2 is 2.19 bits per heavy atom. The zero-order chi connectivity index (χ0) is 11.5. The number of hydrogen-bond acceptors (Lipinski definition) is 4. The third-order valence-corrected chi connectivity index (χ3v) is 2.32. The first-order valence-corrected chi connectivity index (χ1v) is 4.68. The van der Waals surface area contributed by atoms with Gasteiger partial charge in [0.15, 0.2) is 6.29 Å². The first-order valence-electron chi connectivity index (χ1n) is 4.68. The van der Waals surface area contributed by atoms with Gasteiger partial charge in [-0.25, -0.2) is 4.79 Å². The van der Waals surface area contributed by atoms with Gasteiger partial charge < -0.3 is 4.74 Å². The van der Waals surface area contributed by atoms with Crippen molar-refractivity contribution in [1.82, 2.24) is 4.98 Å². The summed E-state index contributed by atoms with van der Waals surface area (Å²) in [5, 5.41) is 0.653. The third-order valence-electron chi connectivity index (χ3n) is 2.32. The predicted octanol–water partition coefficient (Wildman–Crippen LogP) is 1.83. The number of fused-ring (bicyclic) bond motifs is 1.